The normalized spacial score (nSPS) is 10.1. The summed E-state index contributed by atoms with van der Waals surface area (Å²) < 4.78 is 5.43. The van der Waals surface area contributed by atoms with Crippen molar-refractivity contribution in [3.8, 4) is 11.5 Å². The van der Waals surface area contributed by atoms with Gasteiger partial charge in [0.15, 0.2) is 0 Å². The molecule has 0 saturated heterocycles. The molecule has 0 saturated carbocycles. The van der Waals surface area contributed by atoms with Crippen LogP contribution in [0.5, 0.6) is 11.5 Å². The van der Waals surface area contributed by atoms with E-state index in [9.17, 15) is 14.9 Å². The van der Waals surface area contributed by atoms with Crippen molar-refractivity contribution in [1.82, 2.24) is 0 Å². The molecule has 20 heavy (non-hydrogen) atoms. The van der Waals surface area contributed by atoms with Crippen LogP contribution in [-0.4, -0.2) is 16.0 Å². The molecule has 0 atom stereocenters. The summed E-state index contributed by atoms with van der Waals surface area (Å²) in [5.74, 6) is -0.402. The smallest absolute Gasteiger partial charge is 0.337 e. The minimum absolute atomic E-state index is 0.0253. The quantitative estimate of drug-likeness (QED) is 0.685. The van der Waals surface area contributed by atoms with Crippen molar-refractivity contribution in [2.45, 2.75) is 0 Å². The van der Waals surface area contributed by atoms with Gasteiger partial charge in [0.2, 0.25) is 0 Å². The Morgan fingerprint density at radius 2 is 1.75 bits per heavy atom. The standard InChI is InChI=1S/C13H8ClNO5/c14-12-7-10(5-6-11(12)13(16)17)20-9-3-1-8(2-4-9)15(18)19/h1-7H,(H,16,17). The van der Waals surface area contributed by atoms with Gasteiger partial charge in [0.25, 0.3) is 5.69 Å². The molecule has 2 aromatic rings. The summed E-state index contributed by atoms with van der Waals surface area (Å²) in [6.45, 7) is 0. The van der Waals surface area contributed by atoms with Crippen LogP contribution in [0.25, 0.3) is 0 Å². The third-order valence-electron chi connectivity index (χ3n) is 2.45. The van der Waals surface area contributed by atoms with Crippen molar-refractivity contribution in [2.24, 2.45) is 0 Å². The first-order chi connectivity index (χ1) is 9.47. The number of carbonyl (C=O) groups is 1. The SMILES string of the molecule is O=C(O)c1ccc(Oc2ccc([N+](=O)[O-])cc2)cc1Cl. The lowest BCUT2D eigenvalue weighted by Crippen LogP contribution is -1.97. The summed E-state index contributed by atoms with van der Waals surface area (Å²) in [5.41, 5.74) is -0.0701. The highest BCUT2D eigenvalue weighted by atomic mass is 35.5. The van der Waals surface area contributed by atoms with Crippen LogP contribution in [0.15, 0.2) is 42.5 Å². The summed E-state index contributed by atoms with van der Waals surface area (Å²) in [6.07, 6.45) is 0. The number of nitro benzene ring substituents is 1. The number of aromatic carboxylic acids is 1. The van der Waals surface area contributed by atoms with Crippen molar-refractivity contribution in [3.63, 3.8) is 0 Å². The molecule has 2 aromatic carbocycles. The maximum Gasteiger partial charge on any atom is 0.337 e. The Balaban J connectivity index is 2.19. The van der Waals surface area contributed by atoms with Crippen LogP contribution in [0.2, 0.25) is 5.02 Å². The van der Waals surface area contributed by atoms with Crippen LogP contribution < -0.4 is 4.74 Å². The maximum absolute atomic E-state index is 10.8. The zero-order valence-electron chi connectivity index (χ0n) is 9.95. The van der Waals surface area contributed by atoms with Gasteiger partial charge < -0.3 is 9.84 Å². The first-order valence-corrected chi connectivity index (χ1v) is 5.80. The fourth-order valence-corrected chi connectivity index (χ4v) is 1.76. The van der Waals surface area contributed by atoms with Gasteiger partial charge in [-0.05, 0) is 24.3 Å². The van der Waals surface area contributed by atoms with Crippen LogP contribution >= 0.6 is 11.6 Å². The van der Waals surface area contributed by atoms with E-state index in [1.165, 1.54) is 42.5 Å². The summed E-state index contributed by atoms with van der Waals surface area (Å²) in [6, 6.07) is 9.65. The molecule has 0 spiro atoms. The molecule has 0 aliphatic rings. The summed E-state index contributed by atoms with van der Waals surface area (Å²) in [7, 11) is 0. The first-order valence-electron chi connectivity index (χ1n) is 5.42. The molecule has 0 aliphatic carbocycles. The van der Waals surface area contributed by atoms with E-state index in [4.69, 9.17) is 21.4 Å². The van der Waals surface area contributed by atoms with E-state index < -0.39 is 10.9 Å². The average Bonchev–Trinajstić information content (AvgIpc) is 2.39. The minimum Gasteiger partial charge on any atom is -0.478 e. The molecule has 6 nitrogen and oxygen atoms in total. The Kier molecular flexibility index (Phi) is 3.86. The largest absolute Gasteiger partial charge is 0.478 e. The molecule has 0 bridgehead atoms. The van der Waals surface area contributed by atoms with Crippen LogP contribution in [-0.2, 0) is 0 Å². The fourth-order valence-electron chi connectivity index (χ4n) is 1.50. The molecule has 7 heteroatoms. The average molecular weight is 294 g/mol. The van der Waals surface area contributed by atoms with Gasteiger partial charge in [0.1, 0.15) is 11.5 Å². The van der Waals surface area contributed by atoms with Gasteiger partial charge in [-0.25, -0.2) is 4.79 Å². The number of halogens is 1. The summed E-state index contributed by atoms with van der Waals surface area (Å²) in [4.78, 5) is 20.8. The lowest BCUT2D eigenvalue weighted by Gasteiger charge is -2.07. The number of hydrogen-bond acceptors (Lipinski definition) is 4. The van der Waals surface area contributed by atoms with Crippen LogP contribution in [0.1, 0.15) is 10.4 Å². The molecule has 0 heterocycles. The monoisotopic (exact) mass is 293 g/mol. The number of non-ortho nitro benzene ring substituents is 1. The first kappa shape index (κ1) is 13.8. The van der Waals surface area contributed by atoms with E-state index in [0.29, 0.717) is 11.5 Å². The van der Waals surface area contributed by atoms with Crippen molar-refractivity contribution in [1.29, 1.82) is 0 Å². The molecule has 0 fully saturated rings. The molecule has 0 radical (unpaired) electrons. The highest BCUT2D eigenvalue weighted by Crippen LogP contribution is 2.27. The number of ether oxygens (including phenoxy) is 1. The predicted molar refractivity (Wildman–Crippen MR) is 71.6 cm³/mol. The van der Waals surface area contributed by atoms with E-state index in [-0.39, 0.29) is 16.3 Å². The van der Waals surface area contributed by atoms with Crippen LogP contribution in [0, 0.1) is 10.1 Å². The molecule has 0 aromatic heterocycles. The minimum atomic E-state index is -1.13. The maximum atomic E-state index is 10.8. The summed E-state index contributed by atoms with van der Waals surface area (Å²) in [5, 5.41) is 19.4. The predicted octanol–water partition coefficient (Wildman–Crippen LogP) is 3.74. The number of benzene rings is 2. The fraction of sp³-hybridized carbons (Fsp3) is 0. The Labute approximate surface area is 118 Å². The van der Waals surface area contributed by atoms with Crippen molar-refractivity contribution < 1.29 is 19.6 Å². The summed E-state index contributed by atoms with van der Waals surface area (Å²) >= 11 is 5.81. The Morgan fingerprint density at radius 3 is 2.25 bits per heavy atom. The molecule has 1 N–H and O–H groups in total. The van der Waals surface area contributed by atoms with Gasteiger partial charge in [-0.2, -0.15) is 0 Å². The van der Waals surface area contributed by atoms with E-state index in [1.807, 2.05) is 0 Å². The zero-order valence-corrected chi connectivity index (χ0v) is 10.7. The number of carboxylic acid groups (broad SMARTS) is 1. The molecular formula is C13H8ClNO5. The molecule has 0 amide bonds. The Bertz CT molecular complexity index is 669. The second-order valence-corrected chi connectivity index (χ2v) is 4.21. The van der Waals surface area contributed by atoms with Gasteiger partial charge in [-0.15, -0.1) is 0 Å². The third kappa shape index (κ3) is 3.04. The number of carboxylic acids is 1. The number of nitrogens with zero attached hydrogens (tertiary/aromatic N) is 1. The Morgan fingerprint density at radius 1 is 1.15 bits per heavy atom. The van der Waals surface area contributed by atoms with Gasteiger partial charge >= 0.3 is 5.97 Å². The molecular weight excluding hydrogens is 286 g/mol. The van der Waals surface area contributed by atoms with Gasteiger partial charge in [0.05, 0.1) is 15.5 Å². The number of hydrogen-bond donors (Lipinski definition) is 1. The van der Waals surface area contributed by atoms with E-state index >= 15 is 0 Å². The topological polar surface area (TPSA) is 89.7 Å². The van der Waals surface area contributed by atoms with Crippen molar-refractivity contribution >= 4 is 23.3 Å². The lowest BCUT2D eigenvalue weighted by molar-refractivity contribution is -0.384. The molecule has 0 aliphatic heterocycles. The number of nitro groups is 1. The van der Waals surface area contributed by atoms with Crippen molar-refractivity contribution in [3.05, 3.63) is 63.2 Å². The highest BCUT2D eigenvalue weighted by Gasteiger charge is 2.10. The van der Waals surface area contributed by atoms with Crippen LogP contribution in [0.3, 0.4) is 0 Å². The molecule has 102 valence electrons. The van der Waals surface area contributed by atoms with Gasteiger partial charge in [-0.1, -0.05) is 11.6 Å². The van der Waals surface area contributed by atoms with Gasteiger partial charge in [0, 0.05) is 18.2 Å². The second kappa shape index (κ2) is 5.58. The number of rotatable bonds is 4. The van der Waals surface area contributed by atoms with E-state index in [0.717, 1.165) is 0 Å². The third-order valence-corrected chi connectivity index (χ3v) is 2.77. The lowest BCUT2D eigenvalue weighted by atomic mass is 10.2. The van der Waals surface area contributed by atoms with Crippen molar-refractivity contribution in [2.75, 3.05) is 0 Å². The second-order valence-electron chi connectivity index (χ2n) is 3.80. The van der Waals surface area contributed by atoms with E-state index in [2.05, 4.69) is 0 Å². The zero-order chi connectivity index (χ0) is 14.7. The molecule has 2 rings (SSSR count). The van der Waals surface area contributed by atoms with Crippen LogP contribution in [0.4, 0.5) is 5.69 Å². The van der Waals surface area contributed by atoms with Gasteiger partial charge in [-0.3, -0.25) is 10.1 Å². The highest BCUT2D eigenvalue weighted by molar-refractivity contribution is 6.33. The Hall–Kier alpha value is -2.60. The molecule has 0 unspecified atom stereocenters. The van der Waals surface area contributed by atoms with E-state index in [1.54, 1.807) is 0 Å².